The zero-order chi connectivity index (χ0) is 46.1. The lowest BCUT2D eigenvalue weighted by Gasteiger charge is -2.25. The number of nitrogens with one attached hydrogen (secondary N) is 6. The Morgan fingerprint density at radius 3 is 1.63 bits per heavy atom. The van der Waals surface area contributed by atoms with Gasteiger partial charge >= 0.3 is 18.2 Å². The Hall–Kier alpha value is -5.67. The third-order valence-corrected chi connectivity index (χ3v) is 9.95. The first-order valence-corrected chi connectivity index (χ1v) is 21.7. The molecule has 1 saturated carbocycles. The van der Waals surface area contributed by atoms with Gasteiger partial charge in [0.25, 0.3) is 5.91 Å². The molecule has 62 heavy (non-hydrogen) atoms. The van der Waals surface area contributed by atoms with E-state index in [4.69, 9.17) is 9.47 Å². The number of aliphatic carboxylic acids is 1. The highest BCUT2D eigenvalue weighted by molar-refractivity contribution is 6.01. The Morgan fingerprint density at radius 2 is 1.16 bits per heavy atom. The van der Waals surface area contributed by atoms with Crippen LogP contribution in [0.25, 0.3) is 11.1 Å². The molecule has 0 aromatic heterocycles. The summed E-state index contributed by atoms with van der Waals surface area (Å²) in [6.45, 7) is 14.6. The predicted molar refractivity (Wildman–Crippen MR) is 235 cm³/mol. The van der Waals surface area contributed by atoms with Gasteiger partial charge in [-0.2, -0.15) is 0 Å². The molecule has 16 nitrogen and oxygen atoms in total. The summed E-state index contributed by atoms with van der Waals surface area (Å²) in [5, 5.41) is 25.7. The van der Waals surface area contributed by atoms with Crippen molar-refractivity contribution in [3.05, 3.63) is 59.7 Å². The molecule has 1 fully saturated rings. The molecule has 0 saturated heterocycles. The lowest BCUT2D eigenvalue weighted by Crippen LogP contribution is -2.58. The third-order valence-electron chi connectivity index (χ3n) is 9.95. The number of carbonyl (C=O) groups excluding carboxylic acids is 6. The molecule has 2 aromatic carbocycles. The Labute approximate surface area is 365 Å². The number of benzene rings is 2. The summed E-state index contributed by atoms with van der Waals surface area (Å²) in [7, 11) is 0. The summed E-state index contributed by atoms with van der Waals surface area (Å²) < 4.78 is 10.5. The standard InChI is InChI=1S/C46H68N6O10/c1-9-10-15-31-18-20-32(21-19-31)33-22-24-34(25-23-33)38(54)50-35(16-11-13-28-47-42(59)61-44(3,4)5)39(55)52-46(26-27-46)41(58)49-30(2)37(53)51-36(40(56)57)17-12-14-29-48-43(60)62-45(6,7)8/h18-25,30,35-36H,9-17,26-29H2,1-8H3,(H,47,59)(H,48,60)(H,49,58)(H,50,54)(H,51,53)(H,52,55)(H,56,57). The van der Waals surface area contributed by atoms with Gasteiger partial charge in [-0.1, -0.05) is 49.7 Å². The third kappa shape index (κ3) is 18.1. The molecule has 1 aliphatic rings. The normalized spacial score (nSPS) is 14.5. The second-order valence-corrected chi connectivity index (χ2v) is 17.9. The predicted octanol–water partition coefficient (Wildman–Crippen LogP) is 5.91. The zero-order valence-electron chi connectivity index (χ0n) is 37.7. The van der Waals surface area contributed by atoms with Crippen molar-refractivity contribution in [1.82, 2.24) is 31.9 Å². The summed E-state index contributed by atoms with van der Waals surface area (Å²) in [5.74, 6) is -3.66. The van der Waals surface area contributed by atoms with E-state index in [2.05, 4.69) is 63.1 Å². The highest BCUT2D eigenvalue weighted by atomic mass is 16.6. The van der Waals surface area contributed by atoms with E-state index in [-0.39, 0.29) is 38.8 Å². The molecule has 0 heterocycles. The molecule has 0 radical (unpaired) electrons. The molecule has 7 N–H and O–H groups in total. The highest BCUT2D eigenvalue weighted by Crippen LogP contribution is 2.36. The molecule has 0 bridgehead atoms. The fraction of sp³-hybridized carbons (Fsp3) is 0.587. The highest BCUT2D eigenvalue weighted by Gasteiger charge is 2.52. The molecular weight excluding hydrogens is 797 g/mol. The molecule has 0 spiro atoms. The van der Waals surface area contributed by atoms with Gasteiger partial charge in [0.15, 0.2) is 0 Å². The minimum atomic E-state index is -1.33. The number of rotatable bonds is 23. The van der Waals surface area contributed by atoms with Crippen LogP contribution in [0, 0.1) is 0 Å². The van der Waals surface area contributed by atoms with E-state index >= 15 is 0 Å². The van der Waals surface area contributed by atoms with Crippen LogP contribution in [0.15, 0.2) is 48.5 Å². The second-order valence-electron chi connectivity index (χ2n) is 17.9. The second kappa shape index (κ2) is 23.5. The Morgan fingerprint density at radius 1 is 0.661 bits per heavy atom. The quantitative estimate of drug-likeness (QED) is 0.0654. The van der Waals surface area contributed by atoms with Gasteiger partial charge in [-0.05, 0) is 141 Å². The molecule has 6 amide bonds. The van der Waals surface area contributed by atoms with Crippen LogP contribution in [-0.2, 0) is 35.1 Å². The molecule has 0 aliphatic heterocycles. The van der Waals surface area contributed by atoms with Crippen molar-refractivity contribution in [3.8, 4) is 11.1 Å². The van der Waals surface area contributed by atoms with Gasteiger partial charge in [-0.15, -0.1) is 0 Å². The van der Waals surface area contributed by atoms with E-state index in [0.29, 0.717) is 31.2 Å². The Bertz CT molecular complexity index is 1830. The SMILES string of the molecule is CCCCc1ccc(-c2ccc(C(=O)NC(CCCCNC(=O)OC(C)(C)C)C(=O)NC3(C(=O)NC(C)C(=O)NC(CCCCNC(=O)OC(C)(C)C)C(=O)O)CC3)cc2)cc1. The van der Waals surface area contributed by atoms with Crippen LogP contribution in [-0.4, -0.2) is 94.8 Å². The summed E-state index contributed by atoms with van der Waals surface area (Å²) in [6.07, 6.45) is 4.69. The number of amides is 6. The van der Waals surface area contributed by atoms with Crippen molar-refractivity contribution in [1.29, 1.82) is 0 Å². The first-order chi connectivity index (χ1) is 29.1. The number of alkyl carbamates (subject to hydrolysis) is 2. The summed E-state index contributed by atoms with van der Waals surface area (Å²) >= 11 is 0. The molecule has 16 heteroatoms. The lowest BCUT2D eigenvalue weighted by atomic mass is 10.0. The first kappa shape index (κ1) is 50.7. The number of carbonyl (C=O) groups is 7. The number of carboxylic acids is 1. The van der Waals surface area contributed by atoms with E-state index in [1.807, 2.05) is 12.1 Å². The minimum absolute atomic E-state index is 0.0824. The molecule has 3 rings (SSSR count). The van der Waals surface area contributed by atoms with Crippen LogP contribution in [0.3, 0.4) is 0 Å². The van der Waals surface area contributed by atoms with Gasteiger partial charge in [-0.3, -0.25) is 19.2 Å². The van der Waals surface area contributed by atoms with Crippen molar-refractivity contribution in [2.24, 2.45) is 0 Å². The van der Waals surface area contributed by atoms with Gasteiger partial charge in [0.2, 0.25) is 17.7 Å². The Balaban J connectivity index is 1.61. The van der Waals surface area contributed by atoms with Crippen LogP contribution in [0.4, 0.5) is 9.59 Å². The number of ether oxygens (including phenoxy) is 2. The maximum Gasteiger partial charge on any atom is 0.407 e. The molecular formula is C46H68N6O10. The van der Waals surface area contributed by atoms with E-state index in [9.17, 15) is 38.7 Å². The number of aryl methyl sites for hydroxylation is 1. The van der Waals surface area contributed by atoms with Gasteiger partial charge in [-0.25, -0.2) is 14.4 Å². The van der Waals surface area contributed by atoms with Crippen LogP contribution in [0.1, 0.15) is 136 Å². The van der Waals surface area contributed by atoms with E-state index in [0.717, 1.165) is 30.4 Å². The van der Waals surface area contributed by atoms with Crippen molar-refractivity contribution < 1.29 is 48.1 Å². The van der Waals surface area contributed by atoms with Crippen molar-refractivity contribution >= 4 is 41.8 Å². The van der Waals surface area contributed by atoms with Gasteiger partial charge in [0.05, 0.1) is 0 Å². The van der Waals surface area contributed by atoms with Crippen molar-refractivity contribution in [2.45, 2.75) is 161 Å². The number of carboxylic acid groups (broad SMARTS) is 1. The monoisotopic (exact) mass is 864 g/mol. The largest absolute Gasteiger partial charge is 0.480 e. The zero-order valence-corrected chi connectivity index (χ0v) is 37.7. The van der Waals surface area contributed by atoms with Crippen molar-refractivity contribution in [2.75, 3.05) is 13.1 Å². The number of unbranched alkanes of at least 4 members (excludes halogenated alkanes) is 3. The van der Waals surface area contributed by atoms with Crippen LogP contribution < -0.4 is 31.9 Å². The fourth-order valence-electron chi connectivity index (χ4n) is 6.34. The van der Waals surface area contributed by atoms with E-state index < -0.39 is 76.7 Å². The van der Waals surface area contributed by atoms with Crippen LogP contribution in [0.2, 0.25) is 0 Å². The smallest absolute Gasteiger partial charge is 0.407 e. The van der Waals surface area contributed by atoms with Crippen LogP contribution >= 0.6 is 0 Å². The lowest BCUT2D eigenvalue weighted by molar-refractivity contribution is -0.142. The topological polar surface area (TPSA) is 230 Å². The maximum absolute atomic E-state index is 13.8. The van der Waals surface area contributed by atoms with Crippen LogP contribution in [0.5, 0.6) is 0 Å². The Kier molecular flexibility index (Phi) is 19.2. The fourth-order valence-corrected chi connectivity index (χ4v) is 6.34. The first-order valence-electron chi connectivity index (χ1n) is 21.7. The van der Waals surface area contributed by atoms with Gasteiger partial charge in [0.1, 0.15) is 34.9 Å². The summed E-state index contributed by atoms with van der Waals surface area (Å²) in [4.78, 5) is 89.9. The number of hydrogen-bond acceptors (Lipinski definition) is 9. The van der Waals surface area contributed by atoms with E-state index in [1.165, 1.54) is 12.5 Å². The summed E-state index contributed by atoms with van der Waals surface area (Å²) in [6, 6.07) is 12.0. The maximum atomic E-state index is 13.8. The molecule has 2 aromatic rings. The van der Waals surface area contributed by atoms with Gasteiger partial charge in [0, 0.05) is 18.7 Å². The molecule has 3 atom stereocenters. The average Bonchev–Trinajstić information content (AvgIpc) is 3.98. The molecule has 1 aliphatic carbocycles. The minimum Gasteiger partial charge on any atom is -0.480 e. The van der Waals surface area contributed by atoms with Crippen molar-refractivity contribution in [3.63, 3.8) is 0 Å². The van der Waals surface area contributed by atoms with Gasteiger partial charge < -0.3 is 46.5 Å². The molecule has 342 valence electrons. The average molecular weight is 865 g/mol. The number of hydrogen-bond donors (Lipinski definition) is 7. The van der Waals surface area contributed by atoms with E-state index in [1.54, 1.807) is 53.7 Å². The summed E-state index contributed by atoms with van der Waals surface area (Å²) in [5.41, 5.74) is 0.914. The molecule has 3 unspecified atom stereocenters.